The third-order valence-corrected chi connectivity index (χ3v) is 4.75. The van der Waals surface area contributed by atoms with Gasteiger partial charge in [0, 0.05) is 42.8 Å². The fourth-order valence-corrected chi connectivity index (χ4v) is 3.45. The number of anilines is 1. The monoisotopic (exact) mass is 346 g/mol. The Balaban J connectivity index is 1.60. The summed E-state index contributed by atoms with van der Waals surface area (Å²) >= 11 is 0. The molecule has 0 radical (unpaired) electrons. The first kappa shape index (κ1) is 15.9. The molecule has 0 amide bonds. The summed E-state index contributed by atoms with van der Waals surface area (Å²) in [7, 11) is 0. The van der Waals surface area contributed by atoms with E-state index in [9.17, 15) is 13.2 Å². The zero-order valence-electron chi connectivity index (χ0n) is 13.4. The molecule has 4 rings (SSSR count). The number of nitrogens with zero attached hydrogens (tertiary/aromatic N) is 4. The van der Waals surface area contributed by atoms with Crippen LogP contribution in [-0.2, 0) is 6.18 Å². The molecule has 3 heterocycles. The van der Waals surface area contributed by atoms with E-state index in [1.165, 1.54) is 6.07 Å². The number of aromatic nitrogens is 3. The summed E-state index contributed by atoms with van der Waals surface area (Å²) in [5.41, 5.74) is 0.654. The zero-order chi connectivity index (χ0) is 17.4. The average Bonchev–Trinajstić information content (AvgIpc) is 3.15. The predicted octanol–water partition coefficient (Wildman–Crippen LogP) is 4.29. The van der Waals surface area contributed by atoms with Gasteiger partial charge in [0.1, 0.15) is 0 Å². The smallest absolute Gasteiger partial charge is 0.371 e. The van der Waals surface area contributed by atoms with E-state index in [2.05, 4.69) is 15.0 Å². The van der Waals surface area contributed by atoms with Gasteiger partial charge in [0.2, 0.25) is 0 Å². The number of benzene rings is 1. The Bertz CT molecular complexity index is 866. The standard InChI is InChI=1S/C18H17F3N4/c19-18(20,21)13-2-3-15-16(12-13)22-8-4-17(15)24-10-5-14(6-11-24)25-9-1-7-23-25/h1-4,7-9,12,14H,5-6,10-11H2. The van der Waals surface area contributed by atoms with Crippen molar-refractivity contribution < 1.29 is 13.2 Å². The van der Waals surface area contributed by atoms with Gasteiger partial charge in [0.05, 0.1) is 17.1 Å². The topological polar surface area (TPSA) is 34.0 Å². The van der Waals surface area contributed by atoms with Gasteiger partial charge in [-0.25, -0.2) is 0 Å². The van der Waals surface area contributed by atoms with E-state index < -0.39 is 11.7 Å². The van der Waals surface area contributed by atoms with E-state index in [0.717, 1.165) is 49.1 Å². The van der Waals surface area contributed by atoms with Crippen LogP contribution < -0.4 is 4.90 Å². The molecule has 0 atom stereocenters. The molecular weight excluding hydrogens is 329 g/mol. The molecule has 130 valence electrons. The second kappa shape index (κ2) is 6.06. The summed E-state index contributed by atoms with van der Waals surface area (Å²) in [6, 6.07) is 7.95. The lowest BCUT2D eigenvalue weighted by Gasteiger charge is -2.34. The van der Waals surface area contributed by atoms with Gasteiger partial charge in [-0.05, 0) is 37.1 Å². The van der Waals surface area contributed by atoms with Crippen LogP contribution >= 0.6 is 0 Å². The zero-order valence-corrected chi connectivity index (χ0v) is 13.4. The summed E-state index contributed by atoms with van der Waals surface area (Å²) in [5, 5.41) is 5.06. The van der Waals surface area contributed by atoms with Crippen molar-refractivity contribution in [2.75, 3.05) is 18.0 Å². The maximum Gasteiger partial charge on any atom is 0.416 e. The number of rotatable bonds is 2. The molecule has 1 fully saturated rings. The number of pyridine rings is 1. The van der Waals surface area contributed by atoms with E-state index in [1.807, 2.05) is 23.0 Å². The highest BCUT2D eigenvalue weighted by Gasteiger charge is 2.31. The number of fused-ring (bicyclic) bond motifs is 1. The van der Waals surface area contributed by atoms with Crippen molar-refractivity contribution in [3.63, 3.8) is 0 Å². The Morgan fingerprint density at radius 1 is 1.04 bits per heavy atom. The first-order valence-electron chi connectivity index (χ1n) is 8.22. The molecule has 25 heavy (non-hydrogen) atoms. The Kier molecular flexibility index (Phi) is 3.86. The Morgan fingerprint density at radius 3 is 2.52 bits per heavy atom. The van der Waals surface area contributed by atoms with E-state index in [4.69, 9.17) is 0 Å². The molecule has 1 aromatic carbocycles. The van der Waals surface area contributed by atoms with E-state index in [-0.39, 0.29) is 0 Å². The lowest BCUT2D eigenvalue weighted by atomic mass is 10.0. The fourth-order valence-electron chi connectivity index (χ4n) is 3.45. The Labute approximate surface area is 142 Å². The molecule has 0 aliphatic carbocycles. The van der Waals surface area contributed by atoms with E-state index in [1.54, 1.807) is 12.4 Å². The summed E-state index contributed by atoms with van der Waals surface area (Å²) < 4.78 is 40.7. The largest absolute Gasteiger partial charge is 0.416 e. The highest BCUT2D eigenvalue weighted by Crippen LogP contribution is 2.35. The fraction of sp³-hybridized carbons (Fsp3) is 0.333. The molecule has 0 spiro atoms. The average molecular weight is 346 g/mol. The normalized spacial score (nSPS) is 16.5. The lowest BCUT2D eigenvalue weighted by molar-refractivity contribution is -0.137. The molecule has 0 N–H and O–H groups in total. The summed E-state index contributed by atoms with van der Waals surface area (Å²) in [6.45, 7) is 1.68. The number of alkyl halides is 3. The van der Waals surface area contributed by atoms with Gasteiger partial charge in [-0.15, -0.1) is 0 Å². The van der Waals surface area contributed by atoms with Crippen LogP contribution in [0.2, 0.25) is 0 Å². The van der Waals surface area contributed by atoms with Crippen LogP contribution in [-0.4, -0.2) is 27.9 Å². The van der Waals surface area contributed by atoms with Crippen LogP contribution in [0.1, 0.15) is 24.4 Å². The lowest BCUT2D eigenvalue weighted by Crippen LogP contribution is -2.34. The minimum Gasteiger partial charge on any atom is -0.371 e. The van der Waals surface area contributed by atoms with Crippen molar-refractivity contribution in [2.24, 2.45) is 0 Å². The number of piperidine rings is 1. The van der Waals surface area contributed by atoms with Gasteiger partial charge in [-0.2, -0.15) is 18.3 Å². The minimum atomic E-state index is -4.35. The quantitative estimate of drug-likeness (QED) is 0.694. The third-order valence-electron chi connectivity index (χ3n) is 4.75. The molecule has 3 aromatic rings. The second-order valence-corrected chi connectivity index (χ2v) is 6.26. The SMILES string of the molecule is FC(F)(F)c1ccc2c(N3CCC(n4cccn4)CC3)ccnc2c1. The van der Waals surface area contributed by atoms with Gasteiger partial charge in [-0.1, -0.05) is 6.07 Å². The van der Waals surface area contributed by atoms with Crippen LogP contribution in [0.25, 0.3) is 10.9 Å². The first-order chi connectivity index (χ1) is 12.0. The summed E-state index contributed by atoms with van der Waals surface area (Å²) in [5.74, 6) is 0. The molecule has 7 heteroatoms. The maximum absolute atomic E-state index is 12.9. The van der Waals surface area contributed by atoms with Gasteiger partial charge in [-0.3, -0.25) is 9.67 Å². The molecule has 4 nitrogen and oxygen atoms in total. The van der Waals surface area contributed by atoms with Gasteiger partial charge in [0.15, 0.2) is 0 Å². The highest BCUT2D eigenvalue weighted by atomic mass is 19.4. The van der Waals surface area contributed by atoms with Crippen LogP contribution in [0, 0.1) is 0 Å². The summed E-state index contributed by atoms with van der Waals surface area (Å²) in [4.78, 5) is 6.35. The van der Waals surface area contributed by atoms with Crippen LogP contribution in [0.3, 0.4) is 0 Å². The number of halogens is 3. The van der Waals surface area contributed by atoms with E-state index in [0.29, 0.717) is 11.6 Å². The highest BCUT2D eigenvalue weighted by molar-refractivity contribution is 5.92. The third kappa shape index (κ3) is 3.06. The first-order valence-corrected chi connectivity index (χ1v) is 8.22. The van der Waals surface area contributed by atoms with Gasteiger partial charge in [0.25, 0.3) is 0 Å². The molecule has 1 aliphatic rings. The van der Waals surface area contributed by atoms with Crippen molar-refractivity contribution in [2.45, 2.75) is 25.1 Å². The summed E-state index contributed by atoms with van der Waals surface area (Å²) in [6.07, 6.45) is 2.88. The van der Waals surface area contributed by atoms with Crippen molar-refractivity contribution in [3.8, 4) is 0 Å². The van der Waals surface area contributed by atoms with E-state index >= 15 is 0 Å². The van der Waals surface area contributed by atoms with Crippen molar-refractivity contribution in [1.82, 2.24) is 14.8 Å². The number of hydrogen-bond acceptors (Lipinski definition) is 3. The Morgan fingerprint density at radius 2 is 1.84 bits per heavy atom. The molecule has 2 aromatic heterocycles. The second-order valence-electron chi connectivity index (χ2n) is 6.26. The molecule has 1 aliphatic heterocycles. The molecular formula is C18H17F3N4. The molecule has 0 saturated carbocycles. The van der Waals surface area contributed by atoms with Gasteiger partial charge < -0.3 is 4.90 Å². The van der Waals surface area contributed by atoms with Crippen molar-refractivity contribution >= 4 is 16.6 Å². The van der Waals surface area contributed by atoms with Crippen LogP contribution in [0.5, 0.6) is 0 Å². The predicted molar refractivity (Wildman–Crippen MR) is 89.5 cm³/mol. The molecule has 0 bridgehead atoms. The minimum absolute atomic E-state index is 0.371. The molecule has 1 saturated heterocycles. The number of hydrogen-bond donors (Lipinski definition) is 0. The van der Waals surface area contributed by atoms with Crippen LogP contribution in [0.15, 0.2) is 48.9 Å². The maximum atomic E-state index is 12.9. The Hall–Kier alpha value is -2.57. The van der Waals surface area contributed by atoms with Gasteiger partial charge >= 0.3 is 6.18 Å². The van der Waals surface area contributed by atoms with Crippen LogP contribution in [0.4, 0.5) is 18.9 Å². The van der Waals surface area contributed by atoms with Crippen molar-refractivity contribution in [1.29, 1.82) is 0 Å². The van der Waals surface area contributed by atoms with Crippen molar-refractivity contribution in [3.05, 3.63) is 54.5 Å². The molecule has 0 unspecified atom stereocenters.